The maximum Gasteiger partial charge on any atom is 0.449 e. The second kappa shape index (κ2) is 8.21. The standard InChI is InChI=1S/C19H17F3N4O3/c1-12-6-2-5-9-15(12)29-11-17(28)25-24-16(27)10-26-14-8-4-3-7-13(14)23-18(26)19(20,21)22/h2-9H,10-11H2,1H3,(H,24,27)(H,25,28). The number of imidazole rings is 1. The van der Waals surface area contributed by atoms with Crippen LogP contribution in [0.3, 0.4) is 0 Å². The maximum absolute atomic E-state index is 13.2. The highest BCUT2D eigenvalue weighted by molar-refractivity contribution is 5.84. The fraction of sp³-hybridized carbons (Fsp3) is 0.211. The summed E-state index contributed by atoms with van der Waals surface area (Å²) in [5, 5.41) is 0. The van der Waals surface area contributed by atoms with Gasteiger partial charge in [0.15, 0.2) is 6.61 Å². The predicted octanol–water partition coefficient (Wildman–Crippen LogP) is 2.59. The molecule has 2 N–H and O–H groups in total. The summed E-state index contributed by atoms with van der Waals surface area (Å²) < 4.78 is 45.8. The van der Waals surface area contributed by atoms with Crippen LogP contribution in [-0.4, -0.2) is 28.0 Å². The van der Waals surface area contributed by atoms with E-state index >= 15 is 0 Å². The Bertz CT molecular complexity index is 1050. The molecule has 0 aliphatic rings. The number of nitrogens with one attached hydrogen (secondary N) is 2. The Hall–Kier alpha value is -3.56. The minimum Gasteiger partial charge on any atom is -0.483 e. The molecule has 0 spiro atoms. The van der Waals surface area contributed by atoms with Gasteiger partial charge in [0.2, 0.25) is 5.82 Å². The van der Waals surface area contributed by atoms with Gasteiger partial charge in [-0.05, 0) is 30.7 Å². The summed E-state index contributed by atoms with van der Waals surface area (Å²) in [4.78, 5) is 27.5. The van der Waals surface area contributed by atoms with Gasteiger partial charge in [-0.1, -0.05) is 30.3 Å². The zero-order chi connectivity index (χ0) is 21.0. The molecule has 0 saturated carbocycles. The van der Waals surface area contributed by atoms with E-state index in [0.717, 1.165) is 10.1 Å². The zero-order valence-corrected chi connectivity index (χ0v) is 15.3. The van der Waals surface area contributed by atoms with Gasteiger partial charge in [-0.15, -0.1) is 0 Å². The van der Waals surface area contributed by atoms with Crippen LogP contribution in [0.15, 0.2) is 48.5 Å². The molecule has 10 heteroatoms. The molecule has 1 heterocycles. The van der Waals surface area contributed by atoms with Crippen molar-refractivity contribution in [2.45, 2.75) is 19.6 Å². The molecule has 29 heavy (non-hydrogen) atoms. The maximum atomic E-state index is 13.2. The first-order chi connectivity index (χ1) is 13.8. The number of hydrogen-bond acceptors (Lipinski definition) is 4. The summed E-state index contributed by atoms with van der Waals surface area (Å²) in [6.45, 7) is 0.768. The molecule has 0 fully saturated rings. The fourth-order valence-corrected chi connectivity index (χ4v) is 2.67. The average Bonchev–Trinajstić information content (AvgIpc) is 3.05. The second-order valence-corrected chi connectivity index (χ2v) is 6.16. The van der Waals surface area contributed by atoms with Crippen molar-refractivity contribution in [3.63, 3.8) is 0 Å². The second-order valence-electron chi connectivity index (χ2n) is 6.16. The number of nitrogens with zero attached hydrogens (tertiary/aromatic N) is 2. The van der Waals surface area contributed by atoms with Gasteiger partial charge in [-0.25, -0.2) is 4.98 Å². The predicted molar refractivity (Wildman–Crippen MR) is 97.7 cm³/mol. The molecule has 3 aromatic rings. The number of rotatable bonds is 5. The molecular formula is C19H17F3N4O3. The van der Waals surface area contributed by atoms with Crippen LogP contribution in [0.5, 0.6) is 5.75 Å². The number of alkyl halides is 3. The lowest BCUT2D eigenvalue weighted by atomic mass is 10.2. The minimum atomic E-state index is -4.73. The van der Waals surface area contributed by atoms with Crippen LogP contribution < -0.4 is 15.6 Å². The molecule has 0 atom stereocenters. The first kappa shape index (κ1) is 20.2. The Morgan fingerprint density at radius 3 is 2.41 bits per heavy atom. The summed E-state index contributed by atoms with van der Waals surface area (Å²) in [6, 6.07) is 13.0. The lowest BCUT2D eigenvalue weighted by Crippen LogP contribution is -2.45. The minimum absolute atomic E-state index is 0.114. The molecule has 0 bridgehead atoms. The van der Waals surface area contributed by atoms with E-state index in [9.17, 15) is 22.8 Å². The number of halogens is 3. The van der Waals surface area contributed by atoms with Crippen molar-refractivity contribution in [2.24, 2.45) is 0 Å². The number of para-hydroxylation sites is 3. The molecule has 1 aromatic heterocycles. The molecular weight excluding hydrogens is 389 g/mol. The number of amides is 2. The lowest BCUT2D eigenvalue weighted by Gasteiger charge is -2.13. The van der Waals surface area contributed by atoms with Gasteiger partial charge in [-0.3, -0.25) is 20.4 Å². The van der Waals surface area contributed by atoms with Crippen LogP contribution in [0.2, 0.25) is 0 Å². The molecule has 152 valence electrons. The van der Waals surface area contributed by atoms with Crippen molar-refractivity contribution < 1.29 is 27.5 Å². The molecule has 0 unspecified atom stereocenters. The van der Waals surface area contributed by atoms with Gasteiger partial charge < -0.3 is 9.30 Å². The van der Waals surface area contributed by atoms with Gasteiger partial charge in [0.05, 0.1) is 11.0 Å². The third kappa shape index (κ3) is 4.84. The van der Waals surface area contributed by atoms with E-state index in [4.69, 9.17) is 4.74 Å². The third-order valence-corrected chi connectivity index (χ3v) is 4.00. The van der Waals surface area contributed by atoms with E-state index in [2.05, 4.69) is 15.8 Å². The Balaban J connectivity index is 1.61. The Labute approximate surface area is 163 Å². The molecule has 0 radical (unpaired) electrons. The van der Waals surface area contributed by atoms with Gasteiger partial charge in [0.1, 0.15) is 12.3 Å². The SMILES string of the molecule is Cc1ccccc1OCC(=O)NNC(=O)Cn1c(C(F)(F)F)nc2ccccc21. The monoisotopic (exact) mass is 406 g/mol. The third-order valence-electron chi connectivity index (χ3n) is 4.00. The fourth-order valence-electron chi connectivity index (χ4n) is 2.67. The molecule has 0 aliphatic carbocycles. The van der Waals surface area contributed by atoms with E-state index in [-0.39, 0.29) is 17.6 Å². The molecule has 2 aromatic carbocycles. The highest BCUT2D eigenvalue weighted by Gasteiger charge is 2.38. The van der Waals surface area contributed by atoms with Crippen molar-refractivity contribution in [3.8, 4) is 5.75 Å². The van der Waals surface area contributed by atoms with Crippen molar-refractivity contribution in [2.75, 3.05) is 6.61 Å². The Morgan fingerprint density at radius 1 is 1.03 bits per heavy atom. The molecule has 2 amide bonds. The zero-order valence-electron chi connectivity index (χ0n) is 15.3. The van der Waals surface area contributed by atoms with E-state index < -0.39 is 30.4 Å². The number of aromatic nitrogens is 2. The summed E-state index contributed by atoms with van der Waals surface area (Å²) in [5.41, 5.74) is 5.29. The topological polar surface area (TPSA) is 85.3 Å². The van der Waals surface area contributed by atoms with Crippen molar-refractivity contribution >= 4 is 22.8 Å². The van der Waals surface area contributed by atoms with E-state index in [0.29, 0.717) is 5.75 Å². The molecule has 0 saturated heterocycles. The van der Waals surface area contributed by atoms with Crippen molar-refractivity contribution in [3.05, 3.63) is 59.9 Å². The van der Waals surface area contributed by atoms with Gasteiger partial charge in [0, 0.05) is 0 Å². The largest absolute Gasteiger partial charge is 0.483 e. The lowest BCUT2D eigenvalue weighted by molar-refractivity contribution is -0.147. The average molecular weight is 406 g/mol. The quantitative estimate of drug-likeness (QED) is 0.638. The van der Waals surface area contributed by atoms with Crippen LogP contribution in [0.4, 0.5) is 13.2 Å². The summed E-state index contributed by atoms with van der Waals surface area (Å²) in [5.74, 6) is -2.19. The molecule has 3 rings (SSSR count). The summed E-state index contributed by atoms with van der Waals surface area (Å²) in [6.07, 6.45) is -4.73. The number of carbonyl (C=O) groups is 2. The van der Waals surface area contributed by atoms with Crippen LogP contribution in [-0.2, 0) is 22.3 Å². The first-order valence-corrected chi connectivity index (χ1v) is 8.54. The number of aryl methyl sites for hydroxylation is 1. The van der Waals surface area contributed by atoms with Crippen LogP contribution in [0, 0.1) is 6.92 Å². The number of benzene rings is 2. The van der Waals surface area contributed by atoms with Crippen LogP contribution in [0.25, 0.3) is 11.0 Å². The Morgan fingerprint density at radius 2 is 1.69 bits per heavy atom. The van der Waals surface area contributed by atoms with Gasteiger partial charge in [0.25, 0.3) is 11.8 Å². The summed E-state index contributed by atoms with van der Waals surface area (Å²) >= 11 is 0. The van der Waals surface area contributed by atoms with Crippen molar-refractivity contribution in [1.29, 1.82) is 0 Å². The normalized spacial score (nSPS) is 11.3. The number of carbonyl (C=O) groups excluding carboxylic acids is 2. The number of hydrazine groups is 1. The summed E-state index contributed by atoms with van der Waals surface area (Å²) in [7, 11) is 0. The van der Waals surface area contributed by atoms with Crippen LogP contribution >= 0.6 is 0 Å². The number of ether oxygens (including phenoxy) is 1. The van der Waals surface area contributed by atoms with Crippen LogP contribution in [0.1, 0.15) is 11.4 Å². The van der Waals surface area contributed by atoms with Gasteiger partial charge >= 0.3 is 6.18 Å². The number of fused-ring (bicyclic) bond motifs is 1. The van der Waals surface area contributed by atoms with Crippen molar-refractivity contribution in [1.82, 2.24) is 20.4 Å². The Kier molecular flexibility index (Phi) is 5.71. The molecule has 7 nitrogen and oxygen atoms in total. The van der Waals surface area contributed by atoms with E-state index in [1.54, 1.807) is 24.3 Å². The van der Waals surface area contributed by atoms with Gasteiger partial charge in [-0.2, -0.15) is 13.2 Å². The highest BCUT2D eigenvalue weighted by atomic mass is 19.4. The van der Waals surface area contributed by atoms with E-state index in [1.807, 2.05) is 19.1 Å². The number of hydrogen-bond donors (Lipinski definition) is 2. The smallest absolute Gasteiger partial charge is 0.449 e. The highest BCUT2D eigenvalue weighted by Crippen LogP contribution is 2.31. The molecule has 0 aliphatic heterocycles. The first-order valence-electron chi connectivity index (χ1n) is 8.54. The van der Waals surface area contributed by atoms with E-state index in [1.165, 1.54) is 12.1 Å².